The molecule has 6 nitrogen and oxygen atoms in total. The van der Waals surface area contributed by atoms with Crippen LogP contribution in [0.5, 0.6) is 0 Å². The van der Waals surface area contributed by atoms with E-state index >= 15 is 0 Å². The number of hydrogen-bond acceptors (Lipinski definition) is 5. The minimum absolute atomic E-state index is 0. The van der Waals surface area contributed by atoms with E-state index in [4.69, 9.17) is 4.74 Å². The predicted octanol–water partition coefficient (Wildman–Crippen LogP) is 2.31. The van der Waals surface area contributed by atoms with Crippen molar-refractivity contribution in [2.45, 2.75) is 50.5 Å². The van der Waals surface area contributed by atoms with Crippen molar-refractivity contribution in [1.29, 1.82) is 0 Å². The molecule has 3 aliphatic rings. The third-order valence-electron chi connectivity index (χ3n) is 6.73. The van der Waals surface area contributed by atoms with Crippen LogP contribution in [0.1, 0.15) is 44.9 Å². The molecule has 8 heteroatoms. The van der Waals surface area contributed by atoms with Gasteiger partial charge in [-0.2, -0.15) is 11.8 Å². The maximum Gasteiger partial charge on any atom is 0.191 e. The topological polar surface area (TPSA) is 69.1 Å². The van der Waals surface area contributed by atoms with Gasteiger partial charge in [0.1, 0.15) is 0 Å². The lowest BCUT2D eigenvalue weighted by molar-refractivity contribution is 0.0625. The monoisotopic (exact) mass is 526 g/mol. The second-order valence-corrected chi connectivity index (χ2v) is 9.66. The van der Waals surface area contributed by atoms with Gasteiger partial charge in [-0.25, -0.2) is 0 Å². The third-order valence-corrected chi connectivity index (χ3v) is 7.68. The summed E-state index contributed by atoms with van der Waals surface area (Å²) in [6.45, 7) is 5.95. The Hall–Kier alpha value is 0.230. The average molecular weight is 527 g/mol. The number of halogens is 1. The van der Waals surface area contributed by atoms with Crippen LogP contribution < -0.4 is 10.6 Å². The normalized spacial score (nSPS) is 28.6. The molecule has 3 N–H and O–H groups in total. The molecule has 1 unspecified atom stereocenters. The Bertz CT molecular complexity index is 477. The summed E-state index contributed by atoms with van der Waals surface area (Å²) in [4.78, 5) is 7.22. The Kier molecular flexibility index (Phi) is 10.7. The molecule has 1 atom stereocenters. The standard InChI is InChI=1S/C20H38N4O2S.HI/c1-21-18(22-15-19(7-11-25)8-12-26-17-19)23-16-20(5-3-2-4-6-20)24-9-13-27-14-10-24;/h25H,2-17H2,1H3,(H2,21,22,23);1H. The molecule has 0 amide bonds. The molecule has 1 saturated carbocycles. The van der Waals surface area contributed by atoms with Gasteiger partial charge in [0.25, 0.3) is 0 Å². The van der Waals surface area contributed by atoms with Gasteiger partial charge in [0, 0.05) is 68.9 Å². The summed E-state index contributed by atoms with van der Waals surface area (Å²) in [5.74, 6) is 3.41. The molecule has 2 saturated heterocycles. The lowest BCUT2D eigenvalue weighted by Crippen LogP contribution is -2.60. The highest BCUT2D eigenvalue weighted by molar-refractivity contribution is 14.0. The summed E-state index contributed by atoms with van der Waals surface area (Å²) in [5, 5.41) is 16.6. The Morgan fingerprint density at radius 3 is 2.43 bits per heavy atom. The van der Waals surface area contributed by atoms with Crippen molar-refractivity contribution < 1.29 is 9.84 Å². The number of aliphatic imine (C=N–C) groups is 1. The first-order chi connectivity index (χ1) is 13.2. The summed E-state index contributed by atoms with van der Waals surface area (Å²) >= 11 is 2.09. The van der Waals surface area contributed by atoms with Crippen LogP contribution in [0, 0.1) is 5.41 Å². The highest BCUT2D eigenvalue weighted by atomic mass is 127. The van der Waals surface area contributed by atoms with Crippen molar-refractivity contribution in [2.75, 3.05) is 64.6 Å². The Morgan fingerprint density at radius 1 is 1.11 bits per heavy atom. The van der Waals surface area contributed by atoms with E-state index in [0.717, 1.165) is 45.1 Å². The zero-order chi connectivity index (χ0) is 19.0. The zero-order valence-corrected chi connectivity index (χ0v) is 20.5. The van der Waals surface area contributed by atoms with Crippen molar-refractivity contribution >= 4 is 41.7 Å². The van der Waals surface area contributed by atoms with E-state index in [0.29, 0.717) is 0 Å². The summed E-state index contributed by atoms with van der Waals surface area (Å²) in [6, 6.07) is 0. The summed E-state index contributed by atoms with van der Waals surface area (Å²) in [6.07, 6.45) is 8.44. The molecular weight excluding hydrogens is 487 g/mol. The molecule has 164 valence electrons. The summed E-state index contributed by atoms with van der Waals surface area (Å²) < 4.78 is 5.61. The SMILES string of the molecule is CN=C(NCC1(CCO)CCOC1)NCC1(N2CCSCC2)CCCCC1.I. The van der Waals surface area contributed by atoms with E-state index in [9.17, 15) is 5.11 Å². The molecule has 0 spiro atoms. The predicted molar refractivity (Wildman–Crippen MR) is 129 cm³/mol. The van der Waals surface area contributed by atoms with Gasteiger partial charge in [-0.15, -0.1) is 24.0 Å². The van der Waals surface area contributed by atoms with E-state index in [1.54, 1.807) is 0 Å². The number of hydrogen-bond donors (Lipinski definition) is 3. The largest absolute Gasteiger partial charge is 0.396 e. The van der Waals surface area contributed by atoms with E-state index in [1.807, 2.05) is 7.05 Å². The van der Waals surface area contributed by atoms with E-state index in [1.165, 1.54) is 56.7 Å². The molecule has 0 radical (unpaired) electrons. The number of nitrogens with one attached hydrogen (secondary N) is 2. The second-order valence-electron chi connectivity index (χ2n) is 8.44. The van der Waals surface area contributed by atoms with Crippen LogP contribution in [0.4, 0.5) is 0 Å². The average Bonchev–Trinajstić information content (AvgIpc) is 3.18. The third kappa shape index (κ3) is 6.36. The molecular formula is C20H39IN4O2S. The minimum atomic E-state index is 0. The number of guanidine groups is 1. The number of thioether (sulfide) groups is 1. The fourth-order valence-corrected chi connectivity index (χ4v) is 5.81. The van der Waals surface area contributed by atoms with Crippen molar-refractivity contribution in [3.05, 3.63) is 0 Å². The van der Waals surface area contributed by atoms with Crippen molar-refractivity contribution in [1.82, 2.24) is 15.5 Å². The Balaban J connectivity index is 0.00000280. The maximum atomic E-state index is 9.43. The molecule has 2 aliphatic heterocycles. The van der Waals surface area contributed by atoms with Gasteiger partial charge in [0.15, 0.2) is 5.96 Å². The molecule has 0 aromatic rings. The van der Waals surface area contributed by atoms with Crippen LogP contribution in [0.25, 0.3) is 0 Å². The molecule has 0 aromatic heterocycles. The van der Waals surface area contributed by atoms with Gasteiger partial charge in [0.05, 0.1) is 6.61 Å². The lowest BCUT2D eigenvalue weighted by atomic mass is 9.80. The Morgan fingerprint density at radius 2 is 1.82 bits per heavy atom. The fourth-order valence-electron chi connectivity index (χ4n) is 4.90. The lowest BCUT2D eigenvalue weighted by Gasteiger charge is -2.48. The van der Waals surface area contributed by atoms with Crippen molar-refractivity contribution in [3.8, 4) is 0 Å². The fraction of sp³-hybridized carbons (Fsp3) is 0.950. The van der Waals surface area contributed by atoms with E-state index in [2.05, 4.69) is 32.3 Å². The molecule has 3 rings (SSSR count). The number of rotatable bonds is 7. The van der Waals surface area contributed by atoms with Crippen LogP contribution in [-0.2, 0) is 4.74 Å². The number of aliphatic hydroxyl groups excluding tert-OH is 1. The van der Waals surface area contributed by atoms with Crippen LogP contribution in [-0.4, -0.2) is 86.1 Å². The molecule has 2 heterocycles. The number of aliphatic hydroxyl groups is 1. The first kappa shape index (κ1) is 24.5. The maximum absolute atomic E-state index is 9.43. The summed E-state index contributed by atoms with van der Waals surface area (Å²) in [5.41, 5.74) is 0.328. The van der Waals surface area contributed by atoms with E-state index < -0.39 is 0 Å². The first-order valence-electron chi connectivity index (χ1n) is 10.7. The van der Waals surface area contributed by atoms with Crippen LogP contribution in [0.3, 0.4) is 0 Å². The minimum Gasteiger partial charge on any atom is -0.396 e. The van der Waals surface area contributed by atoms with Gasteiger partial charge >= 0.3 is 0 Å². The van der Waals surface area contributed by atoms with Gasteiger partial charge < -0.3 is 20.5 Å². The van der Waals surface area contributed by atoms with Crippen LogP contribution in [0.15, 0.2) is 4.99 Å². The van der Waals surface area contributed by atoms with E-state index in [-0.39, 0.29) is 41.5 Å². The van der Waals surface area contributed by atoms with Crippen molar-refractivity contribution in [2.24, 2.45) is 10.4 Å². The molecule has 0 aromatic carbocycles. The van der Waals surface area contributed by atoms with Gasteiger partial charge in [-0.3, -0.25) is 9.89 Å². The van der Waals surface area contributed by atoms with Crippen LogP contribution >= 0.6 is 35.7 Å². The molecule has 1 aliphatic carbocycles. The number of nitrogens with zero attached hydrogens (tertiary/aromatic N) is 2. The quantitative estimate of drug-likeness (QED) is 0.269. The highest BCUT2D eigenvalue weighted by Crippen LogP contribution is 2.35. The summed E-state index contributed by atoms with van der Waals surface area (Å²) in [7, 11) is 1.85. The molecule has 3 fully saturated rings. The van der Waals surface area contributed by atoms with Gasteiger partial charge in [-0.1, -0.05) is 19.3 Å². The van der Waals surface area contributed by atoms with Gasteiger partial charge in [0.2, 0.25) is 0 Å². The molecule has 0 bridgehead atoms. The zero-order valence-electron chi connectivity index (χ0n) is 17.4. The molecule has 28 heavy (non-hydrogen) atoms. The Labute approximate surface area is 192 Å². The van der Waals surface area contributed by atoms with Crippen LogP contribution in [0.2, 0.25) is 0 Å². The van der Waals surface area contributed by atoms with Crippen molar-refractivity contribution in [3.63, 3.8) is 0 Å². The second kappa shape index (κ2) is 12.2. The highest BCUT2D eigenvalue weighted by Gasteiger charge is 2.39. The smallest absolute Gasteiger partial charge is 0.191 e. The first-order valence-corrected chi connectivity index (χ1v) is 11.8. The van der Waals surface area contributed by atoms with Gasteiger partial charge in [-0.05, 0) is 25.7 Å². The number of ether oxygens (including phenoxy) is 1.